The minimum absolute atomic E-state index is 0.0108. The van der Waals surface area contributed by atoms with Crippen molar-refractivity contribution in [2.45, 2.75) is 0 Å². The fourth-order valence-corrected chi connectivity index (χ4v) is 3.31. The second-order valence-electron chi connectivity index (χ2n) is 5.50. The molecule has 0 N–H and O–H groups in total. The van der Waals surface area contributed by atoms with Crippen molar-refractivity contribution >= 4 is 51.2 Å². The zero-order valence-electron chi connectivity index (χ0n) is 14.6. The molecule has 0 spiro atoms. The Morgan fingerprint density at radius 1 is 1.25 bits per heavy atom. The molecule has 1 heterocycles. The Balaban J connectivity index is 2.02. The molecule has 0 radical (unpaired) electrons. The van der Waals surface area contributed by atoms with E-state index in [-0.39, 0.29) is 27.9 Å². The third-order valence-electron chi connectivity index (χ3n) is 3.77. The number of carbonyl (C=O) groups is 1. The molecule has 2 aromatic carbocycles. The highest BCUT2D eigenvalue weighted by Crippen LogP contribution is 2.37. The zero-order chi connectivity index (χ0) is 20.4. The number of halogens is 2. The van der Waals surface area contributed by atoms with Gasteiger partial charge < -0.3 is 14.2 Å². The number of carbonyl (C=O) groups excluding carboxylic acids is 1. The fourth-order valence-electron chi connectivity index (χ4n) is 2.49. The lowest BCUT2D eigenvalue weighted by Gasteiger charge is -2.10. The predicted octanol–water partition coefficient (Wildman–Crippen LogP) is 4.37. The lowest BCUT2D eigenvalue weighted by atomic mass is 10.1. The molecule has 144 valence electrons. The molecule has 0 aliphatic carbocycles. The maximum Gasteiger partial charge on any atom is 0.363 e. The van der Waals surface area contributed by atoms with Gasteiger partial charge in [-0.3, -0.25) is 10.1 Å². The van der Waals surface area contributed by atoms with Crippen LogP contribution in [0.1, 0.15) is 11.1 Å². The number of nitro groups is 1. The number of cyclic esters (lactones) is 1. The van der Waals surface area contributed by atoms with E-state index in [1.165, 1.54) is 38.5 Å². The van der Waals surface area contributed by atoms with Crippen LogP contribution in [0.5, 0.6) is 11.5 Å². The first-order valence-corrected chi connectivity index (χ1v) is 8.89. The van der Waals surface area contributed by atoms with Crippen molar-refractivity contribution in [2.75, 3.05) is 14.2 Å². The van der Waals surface area contributed by atoms with E-state index in [4.69, 9.17) is 25.8 Å². The van der Waals surface area contributed by atoms with Crippen LogP contribution in [0.15, 0.2) is 45.5 Å². The lowest BCUT2D eigenvalue weighted by Crippen LogP contribution is -2.06. The van der Waals surface area contributed by atoms with Crippen molar-refractivity contribution in [3.63, 3.8) is 0 Å². The number of non-ortho nitro benzene ring substituents is 1. The third kappa shape index (κ3) is 3.85. The van der Waals surface area contributed by atoms with E-state index in [1.807, 2.05) is 0 Å². The van der Waals surface area contributed by atoms with E-state index in [0.717, 1.165) is 0 Å². The minimum Gasteiger partial charge on any atom is -0.493 e. The molecule has 0 unspecified atom stereocenters. The van der Waals surface area contributed by atoms with Crippen molar-refractivity contribution in [3.8, 4) is 11.5 Å². The molecule has 28 heavy (non-hydrogen) atoms. The van der Waals surface area contributed by atoms with E-state index < -0.39 is 10.9 Å². The molecular weight excluding hydrogens is 456 g/mol. The van der Waals surface area contributed by atoms with Gasteiger partial charge in [0.15, 0.2) is 17.2 Å². The monoisotopic (exact) mass is 466 g/mol. The van der Waals surface area contributed by atoms with Crippen LogP contribution in [-0.2, 0) is 9.53 Å². The Hall–Kier alpha value is -2.91. The number of ether oxygens (including phenoxy) is 3. The van der Waals surface area contributed by atoms with Gasteiger partial charge in [0, 0.05) is 12.1 Å². The summed E-state index contributed by atoms with van der Waals surface area (Å²) < 4.78 is 16.3. The molecule has 3 rings (SSSR count). The zero-order valence-corrected chi connectivity index (χ0v) is 16.9. The minimum atomic E-state index is -0.705. The van der Waals surface area contributed by atoms with E-state index in [0.29, 0.717) is 21.5 Å². The maximum absolute atomic E-state index is 12.2. The summed E-state index contributed by atoms with van der Waals surface area (Å²) in [5.41, 5.74) is 0.573. The van der Waals surface area contributed by atoms with E-state index in [2.05, 4.69) is 20.9 Å². The Morgan fingerprint density at radius 3 is 2.64 bits per heavy atom. The Labute approximate surface area is 172 Å². The van der Waals surface area contributed by atoms with Crippen molar-refractivity contribution in [2.24, 2.45) is 4.99 Å². The molecule has 0 aromatic heterocycles. The second kappa shape index (κ2) is 7.99. The van der Waals surface area contributed by atoms with Crippen LogP contribution in [0.3, 0.4) is 0 Å². The fraction of sp³-hybridized carbons (Fsp3) is 0.111. The van der Waals surface area contributed by atoms with Crippen molar-refractivity contribution in [1.82, 2.24) is 0 Å². The third-order valence-corrected chi connectivity index (χ3v) is 4.69. The topological polar surface area (TPSA) is 100 Å². The van der Waals surface area contributed by atoms with Crippen molar-refractivity contribution < 1.29 is 23.9 Å². The number of methoxy groups -OCH3 is 2. The number of aliphatic imine (C=N–C) groups is 1. The van der Waals surface area contributed by atoms with Gasteiger partial charge in [-0.15, -0.1) is 0 Å². The summed E-state index contributed by atoms with van der Waals surface area (Å²) in [6, 6.07) is 7.18. The first-order valence-electron chi connectivity index (χ1n) is 7.72. The largest absolute Gasteiger partial charge is 0.493 e. The maximum atomic E-state index is 12.2. The van der Waals surface area contributed by atoms with Gasteiger partial charge in [-0.25, -0.2) is 9.79 Å². The quantitative estimate of drug-likeness (QED) is 0.280. The smallest absolute Gasteiger partial charge is 0.363 e. The number of benzene rings is 2. The van der Waals surface area contributed by atoms with Crippen molar-refractivity contribution in [1.29, 1.82) is 0 Å². The Kier molecular flexibility index (Phi) is 5.66. The van der Waals surface area contributed by atoms with Crippen LogP contribution >= 0.6 is 27.5 Å². The average Bonchev–Trinajstić information content (AvgIpc) is 3.01. The first-order chi connectivity index (χ1) is 13.3. The van der Waals surface area contributed by atoms with Crippen LogP contribution in [0.4, 0.5) is 5.69 Å². The molecule has 0 amide bonds. The van der Waals surface area contributed by atoms with Crippen LogP contribution in [-0.4, -0.2) is 31.0 Å². The molecule has 0 saturated carbocycles. The number of hydrogen-bond donors (Lipinski definition) is 0. The number of esters is 1. The summed E-state index contributed by atoms with van der Waals surface area (Å²) in [6.45, 7) is 0. The molecule has 0 atom stereocenters. The summed E-state index contributed by atoms with van der Waals surface area (Å²) in [4.78, 5) is 26.7. The summed E-state index contributed by atoms with van der Waals surface area (Å²) in [5.74, 6) is 0.153. The van der Waals surface area contributed by atoms with Gasteiger partial charge in [0.25, 0.3) is 5.69 Å². The second-order valence-corrected chi connectivity index (χ2v) is 6.76. The molecule has 1 aliphatic rings. The van der Waals surface area contributed by atoms with Gasteiger partial charge in [0.05, 0.1) is 34.2 Å². The predicted molar refractivity (Wildman–Crippen MR) is 106 cm³/mol. The number of nitrogens with zero attached hydrogens (tertiary/aromatic N) is 2. The highest BCUT2D eigenvalue weighted by molar-refractivity contribution is 9.10. The number of hydrogen-bond acceptors (Lipinski definition) is 7. The summed E-state index contributed by atoms with van der Waals surface area (Å²) in [5, 5.41) is 11.1. The molecule has 8 nitrogen and oxygen atoms in total. The van der Waals surface area contributed by atoms with Crippen LogP contribution < -0.4 is 9.47 Å². The van der Waals surface area contributed by atoms with Crippen LogP contribution in [0, 0.1) is 10.1 Å². The Morgan fingerprint density at radius 2 is 2.00 bits per heavy atom. The average molecular weight is 468 g/mol. The molecular formula is C18H12BrClN2O6. The highest BCUT2D eigenvalue weighted by Gasteiger charge is 2.27. The van der Waals surface area contributed by atoms with Crippen LogP contribution in [0.2, 0.25) is 5.02 Å². The van der Waals surface area contributed by atoms with Crippen LogP contribution in [0.25, 0.3) is 6.08 Å². The van der Waals surface area contributed by atoms with Gasteiger partial charge in [-0.2, -0.15) is 0 Å². The lowest BCUT2D eigenvalue weighted by molar-refractivity contribution is -0.384. The molecule has 1 aliphatic heterocycles. The van der Waals surface area contributed by atoms with Gasteiger partial charge >= 0.3 is 5.97 Å². The van der Waals surface area contributed by atoms with Gasteiger partial charge in [0.1, 0.15) is 0 Å². The Bertz CT molecular complexity index is 1050. The van der Waals surface area contributed by atoms with Gasteiger partial charge in [-0.1, -0.05) is 11.6 Å². The standard InChI is InChI=1S/C18H12BrClN2O6/c1-26-15-7-9(5-12(19)16(15)27-2)6-14-18(23)28-17(21-14)11-8-10(22(24)25)3-4-13(11)20/h3-8H,1-2H3/b14-6-. The van der Waals surface area contributed by atoms with Gasteiger partial charge in [-0.05, 0) is 45.8 Å². The first kappa shape index (κ1) is 19.8. The number of rotatable bonds is 5. The van der Waals surface area contributed by atoms with E-state index in [1.54, 1.807) is 12.1 Å². The van der Waals surface area contributed by atoms with Gasteiger partial charge in [0.2, 0.25) is 5.90 Å². The van der Waals surface area contributed by atoms with Crippen molar-refractivity contribution in [3.05, 3.63) is 66.8 Å². The molecule has 2 aromatic rings. The summed E-state index contributed by atoms with van der Waals surface area (Å²) >= 11 is 9.46. The molecule has 0 fully saturated rings. The van der Waals surface area contributed by atoms with E-state index >= 15 is 0 Å². The SMILES string of the molecule is COc1cc(/C=C2\N=C(c3cc([N+](=O)[O-])ccc3Cl)OC2=O)cc(Br)c1OC. The molecule has 0 saturated heterocycles. The number of nitro benzene ring substituents is 1. The molecule has 0 bridgehead atoms. The normalized spacial score (nSPS) is 14.6. The van der Waals surface area contributed by atoms with E-state index in [9.17, 15) is 14.9 Å². The molecule has 10 heteroatoms. The highest BCUT2D eigenvalue weighted by atomic mass is 79.9. The summed E-state index contributed by atoms with van der Waals surface area (Å²) in [6.07, 6.45) is 1.49. The summed E-state index contributed by atoms with van der Waals surface area (Å²) in [7, 11) is 3.00.